The zero-order valence-electron chi connectivity index (χ0n) is 13.9. The van der Waals surface area contributed by atoms with E-state index in [1.165, 1.54) is 0 Å². The van der Waals surface area contributed by atoms with E-state index in [0.717, 1.165) is 18.4 Å². The van der Waals surface area contributed by atoms with E-state index in [9.17, 15) is 9.59 Å². The molecule has 0 unspecified atom stereocenters. The molecule has 3 N–H and O–H groups in total. The summed E-state index contributed by atoms with van der Waals surface area (Å²) in [5.41, 5.74) is 7.26. The number of pyridine rings is 1. The van der Waals surface area contributed by atoms with Crippen molar-refractivity contribution >= 4 is 17.6 Å². The van der Waals surface area contributed by atoms with Gasteiger partial charge in [-0.3, -0.25) is 4.79 Å². The molecule has 0 atom stereocenters. The van der Waals surface area contributed by atoms with Gasteiger partial charge in [0.1, 0.15) is 0 Å². The van der Waals surface area contributed by atoms with Gasteiger partial charge >= 0.3 is 6.03 Å². The predicted molar refractivity (Wildman–Crippen MR) is 93.3 cm³/mol. The summed E-state index contributed by atoms with van der Waals surface area (Å²) in [6, 6.07) is 10.5. The monoisotopic (exact) mass is 340 g/mol. The van der Waals surface area contributed by atoms with Crippen LogP contribution >= 0.6 is 0 Å². The Bertz CT molecular complexity index is 755. The first kappa shape index (κ1) is 16.8. The van der Waals surface area contributed by atoms with Crippen LogP contribution in [-0.4, -0.2) is 35.0 Å². The number of hydrogen-bond acceptors (Lipinski definition) is 4. The Balaban J connectivity index is 1.67. The lowest BCUT2D eigenvalue weighted by atomic mass is 10.1. The maximum Gasteiger partial charge on any atom is 0.322 e. The van der Waals surface area contributed by atoms with E-state index in [4.69, 9.17) is 10.5 Å². The van der Waals surface area contributed by atoms with Crippen molar-refractivity contribution in [1.29, 1.82) is 0 Å². The molecule has 1 saturated carbocycles. The molecule has 0 bridgehead atoms. The highest BCUT2D eigenvalue weighted by Gasteiger charge is 2.32. The molecule has 7 heteroatoms. The maximum absolute atomic E-state index is 12.6. The largest absolute Gasteiger partial charge is 0.481 e. The van der Waals surface area contributed by atoms with Gasteiger partial charge in [-0.25, -0.2) is 9.78 Å². The number of hydrogen-bond donors (Lipinski definition) is 2. The maximum atomic E-state index is 12.6. The van der Waals surface area contributed by atoms with Crippen LogP contribution in [0.5, 0.6) is 5.88 Å². The number of aromatic nitrogens is 1. The van der Waals surface area contributed by atoms with Gasteiger partial charge in [-0.15, -0.1) is 0 Å². The Kier molecular flexibility index (Phi) is 4.83. The molecule has 1 aromatic carbocycles. The first-order valence-corrected chi connectivity index (χ1v) is 8.03. The molecule has 25 heavy (non-hydrogen) atoms. The number of methoxy groups -OCH3 is 1. The number of nitrogens with one attached hydrogen (secondary N) is 1. The molecule has 0 radical (unpaired) electrons. The van der Waals surface area contributed by atoms with Gasteiger partial charge in [-0.05, 0) is 36.6 Å². The second-order valence-corrected chi connectivity index (χ2v) is 5.94. The van der Waals surface area contributed by atoms with Crippen molar-refractivity contribution < 1.29 is 14.3 Å². The Morgan fingerprint density at radius 3 is 2.48 bits per heavy atom. The van der Waals surface area contributed by atoms with Crippen molar-refractivity contribution in [3.8, 4) is 5.88 Å². The van der Waals surface area contributed by atoms with E-state index < -0.39 is 5.91 Å². The lowest BCUT2D eigenvalue weighted by Crippen LogP contribution is -2.36. The number of carbonyl (C=O) groups is 2. The smallest absolute Gasteiger partial charge is 0.322 e. The summed E-state index contributed by atoms with van der Waals surface area (Å²) < 4.78 is 5.01. The minimum Gasteiger partial charge on any atom is -0.481 e. The first-order chi connectivity index (χ1) is 12.1. The van der Waals surface area contributed by atoms with Crippen LogP contribution in [0.1, 0.15) is 28.8 Å². The minimum atomic E-state index is -0.463. The van der Waals surface area contributed by atoms with E-state index >= 15 is 0 Å². The van der Waals surface area contributed by atoms with Gasteiger partial charge in [0.05, 0.1) is 19.0 Å². The summed E-state index contributed by atoms with van der Waals surface area (Å²) in [7, 11) is 1.54. The number of urea groups is 1. The van der Waals surface area contributed by atoms with Crippen molar-refractivity contribution in [3.63, 3.8) is 0 Å². The topological polar surface area (TPSA) is 97.5 Å². The summed E-state index contributed by atoms with van der Waals surface area (Å²) in [6.07, 6.45) is 3.55. The lowest BCUT2D eigenvalue weighted by Gasteiger charge is -2.23. The summed E-state index contributed by atoms with van der Waals surface area (Å²) in [5, 5.41) is 2.86. The molecular weight excluding hydrogens is 320 g/mol. The second kappa shape index (κ2) is 7.21. The van der Waals surface area contributed by atoms with Crippen LogP contribution in [0.3, 0.4) is 0 Å². The number of anilines is 1. The first-order valence-electron chi connectivity index (χ1n) is 8.03. The number of benzene rings is 1. The fraction of sp³-hybridized carbons (Fsp3) is 0.278. The number of rotatable bonds is 6. The van der Waals surface area contributed by atoms with Crippen molar-refractivity contribution in [2.75, 3.05) is 12.4 Å². The van der Waals surface area contributed by atoms with Gasteiger partial charge in [-0.2, -0.15) is 0 Å². The molecule has 3 amide bonds. The van der Waals surface area contributed by atoms with Gasteiger partial charge < -0.3 is 20.7 Å². The molecule has 1 aliphatic carbocycles. The molecule has 3 rings (SSSR count). The molecule has 130 valence electrons. The minimum absolute atomic E-state index is 0.173. The van der Waals surface area contributed by atoms with Gasteiger partial charge in [0, 0.05) is 24.2 Å². The molecule has 1 aromatic heterocycles. The van der Waals surface area contributed by atoms with Crippen molar-refractivity contribution in [2.24, 2.45) is 5.73 Å². The number of ether oxygens (including phenoxy) is 1. The molecule has 1 heterocycles. The second-order valence-electron chi connectivity index (χ2n) is 5.94. The number of primary amides is 1. The van der Waals surface area contributed by atoms with E-state index in [-0.39, 0.29) is 12.1 Å². The highest BCUT2D eigenvalue weighted by molar-refractivity contribution is 5.92. The number of amides is 3. The van der Waals surface area contributed by atoms with Crippen LogP contribution in [0.2, 0.25) is 0 Å². The van der Waals surface area contributed by atoms with Gasteiger partial charge in [-0.1, -0.05) is 12.1 Å². The molecule has 2 aromatic rings. The van der Waals surface area contributed by atoms with Crippen LogP contribution in [0, 0.1) is 0 Å². The van der Waals surface area contributed by atoms with Crippen molar-refractivity contribution in [3.05, 3.63) is 53.7 Å². The van der Waals surface area contributed by atoms with E-state index in [2.05, 4.69) is 10.3 Å². The van der Waals surface area contributed by atoms with Crippen molar-refractivity contribution in [2.45, 2.75) is 25.4 Å². The standard InChI is InChI=1S/C18H20N4O3/c1-25-16-9-6-14(10-20-16)21-18(24)22(15-7-8-15)11-12-2-4-13(5-3-12)17(19)23/h2-6,9-10,15H,7-8,11H2,1H3,(H2,19,23)(H,21,24). The van der Waals surface area contributed by atoms with Gasteiger partial charge in [0.2, 0.25) is 11.8 Å². The molecule has 1 aliphatic rings. The van der Waals surface area contributed by atoms with Crippen molar-refractivity contribution in [1.82, 2.24) is 9.88 Å². The molecule has 7 nitrogen and oxygen atoms in total. The number of carbonyl (C=O) groups excluding carboxylic acids is 2. The van der Waals surface area contributed by atoms with Crippen LogP contribution < -0.4 is 15.8 Å². The van der Waals surface area contributed by atoms with E-state index in [1.54, 1.807) is 42.5 Å². The third-order valence-corrected chi connectivity index (χ3v) is 4.04. The quantitative estimate of drug-likeness (QED) is 0.843. The number of nitrogens with two attached hydrogens (primary N) is 1. The van der Waals surface area contributed by atoms with Gasteiger partial charge in [0.25, 0.3) is 0 Å². The fourth-order valence-corrected chi connectivity index (χ4v) is 2.49. The molecule has 1 fully saturated rings. The number of nitrogens with zero attached hydrogens (tertiary/aromatic N) is 2. The van der Waals surface area contributed by atoms with Gasteiger partial charge in [0.15, 0.2) is 0 Å². The van der Waals surface area contributed by atoms with Crippen LogP contribution in [-0.2, 0) is 6.54 Å². The van der Waals surface area contributed by atoms with E-state index in [0.29, 0.717) is 23.7 Å². The normalized spacial score (nSPS) is 13.2. The predicted octanol–water partition coefficient (Wildman–Crippen LogP) is 2.39. The Morgan fingerprint density at radius 1 is 1.24 bits per heavy atom. The SMILES string of the molecule is COc1ccc(NC(=O)N(Cc2ccc(C(N)=O)cc2)C2CC2)cn1. The van der Waals surface area contributed by atoms with Crippen LogP contribution in [0.25, 0.3) is 0 Å². The molecular formula is C18H20N4O3. The van der Waals surface area contributed by atoms with Crippen LogP contribution in [0.4, 0.5) is 10.5 Å². The Hall–Kier alpha value is -3.09. The summed E-state index contributed by atoms with van der Waals surface area (Å²) in [6.45, 7) is 0.471. The average Bonchev–Trinajstić information content (AvgIpc) is 3.45. The summed E-state index contributed by atoms with van der Waals surface area (Å²) >= 11 is 0. The Labute approximate surface area is 145 Å². The highest BCUT2D eigenvalue weighted by Crippen LogP contribution is 2.29. The summed E-state index contributed by atoms with van der Waals surface area (Å²) in [4.78, 5) is 29.6. The summed E-state index contributed by atoms with van der Waals surface area (Å²) in [5.74, 6) is 0.0296. The molecule has 0 saturated heterocycles. The van der Waals surface area contributed by atoms with E-state index in [1.807, 2.05) is 12.1 Å². The Morgan fingerprint density at radius 2 is 1.96 bits per heavy atom. The lowest BCUT2D eigenvalue weighted by molar-refractivity contribution is 0.1000. The third kappa shape index (κ3) is 4.26. The third-order valence-electron chi connectivity index (χ3n) is 4.04. The average molecular weight is 340 g/mol. The highest BCUT2D eigenvalue weighted by atomic mass is 16.5. The molecule has 0 aliphatic heterocycles. The zero-order chi connectivity index (χ0) is 17.8. The zero-order valence-corrected chi connectivity index (χ0v) is 13.9. The fourth-order valence-electron chi connectivity index (χ4n) is 2.49. The van der Waals surface area contributed by atoms with Crippen LogP contribution in [0.15, 0.2) is 42.6 Å². The molecule has 0 spiro atoms.